The first-order chi connectivity index (χ1) is 15.8. The number of carboxylic acids is 1. The summed E-state index contributed by atoms with van der Waals surface area (Å²) in [6.07, 6.45) is 13.7. The van der Waals surface area contributed by atoms with Gasteiger partial charge in [-0.25, -0.2) is 4.79 Å². The predicted molar refractivity (Wildman–Crippen MR) is 136 cm³/mol. The summed E-state index contributed by atoms with van der Waals surface area (Å²) < 4.78 is 0. The van der Waals surface area contributed by atoms with Crippen molar-refractivity contribution in [2.45, 2.75) is 105 Å². The zero-order valence-corrected chi connectivity index (χ0v) is 22.4. The number of carbonyl (C=O) groups is 1. The zero-order valence-electron chi connectivity index (χ0n) is 22.4. The van der Waals surface area contributed by atoms with E-state index in [2.05, 4.69) is 40.7 Å². The molecule has 0 bridgehead atoms. The fourth-order valence-electron chi connectivity index (χ4n) is 9.56. The molecule has 3 fully saturated rings. The molecule has 0 heterocycles. The molecule has 0 spiro atoms. The Morgan fingerprint density at radius 2 is 1.82 bits per heavy atom. The van der Waals surface area contributed by atoms with Gasteiger partial charge < -0.3 is 15.3 Å². The third kappa shape index (κ3) is 3.57. The molecular formula is C30H48O4. The second-order valence-electron chi connectivity index (χ2n) is 13.4. The van der Waals surface area contributed by atoms with Crippen molar-refractivity contribution in [3.8, 4) is 0 Å². The van der Waals surface area contributed by atoms with Crippen LogP contribution >= 0.6 is 0 Å². The van der Waals surface area contributed by atoms with Crippen LogP contribution in [0.4, 0.5) is 0 Å². The van der Waals surface area contributed by atoms with Gasteiger partial charge in [0.2, 0.25) is 0 Å². The Kier molecular flexibility index (Phi) is 6.69. The number of aliphatic carboxylic acids is 1. The molecule has 0 aromatic heterocycles. The summed E-state index contributed by atoms with van der Waals surface area (Å²) in [6.45, 7) is 13.9. The first-order valence-corrected chi connectivity index (χ1v) is 13.7. The lowest BCUT2D eigenvalue weighted by Crippen LogP contribution is -2.59. The van der Waals surface area contributed by atoms with Gasteiger partial charge in [-0.15, -0.1) is 0 Å². The minimum atomic E-state index is -0.808. The summed E-state index contributed by atoms with van der Waals surface area (Å²) in [6, 6.07) is 0. The van der Waals surface area contributed by atoms with Crippen molar-refractivity contribution in [2.24, 2.45) is 45.3 Å². The second-order valence-corrected chi connectivity index (χ2v) is 13.4. The van der Waals surface area contributed by atoms with Crippen LogP contribution in [-0.4, -0.2) is 34.0 Å². The average Bonchev–Trinajstić information content (AvgIpc) is 3.07. The predicted octanol–water partition coefficient (Wildman–Crippen LogP) is 6.37. The van der Waals surface area contributed by atoms with E-state index in [1.54, 1.807) is 6.92 Å². The standard InChI is InChI=1S/C30H48O4/c1-19(8-7-9-20(2)26(33)34)21-14-15-30(6)24-12-10-23-22(11-13-25(32)28(23,4)18-31)27(24,3)16-17-29(21,30)5/h9-10,19,21-22,24-25,31-32H,7-8,11-18H2,1-6H3,(H,33,34)/b20-9+/t19?,21-,22?,24-,25?,27+,28-,29-,30?/m1/s1. The van der Waals surface area contributed by atoms with Crippen molar-refractivity contribution < 1.29 is 20.1 Å². The number of aliphatic hydroxyl groups excluding tert-OH is 2. The van der Waals surface area contributed by atoms with Crippen molar-refractivity contribution in [3.63, 3.8) is 0 Å². The van der Waals surface area contributed by atoms with Crippen molar-refractivity contribution in [3.05, 3.63) is 23.3 Å². The van der Waals surface area contributed by atoms with Gasteiger partial charge in [0, 0.05) is 11.0 Å². The number of hydrogen-bond donors (Lipinski definition) is 3. The molecule has 3 N–H and O–H groups in total. The van der Waals surface area contributed by atoms with E-state index in [9.17, 15) is 15.0 Å². The number of hydrogen-bond acceptors (Lipinski definition) is 3. The molecule has 4 aliphatic carbocycles. The molecule has 4 unspecified atom stereocenters. The lowest BCUT2D eigenvalue weighted by molar-refractivity contribution is -0.148. The summed E-state index contributed by atoms with van der Waals surface area (Å²) in [5.41, 5.74) is 2.13. The van der Waals surface area contributed by atoms with E-state index in [0.717, 1.165) is 32.1 Å². The maximum atomic E-state index is 11.2. The van der Waals surface area contributed by atoms with Crippen LogP contribution in [0.15, 0.2) is 23.3 Å². The molecule has 34 heavy (non-hydrogen) atoms. The fraction of sp³-hybridized carbons (Fsp3) is 0.833. The largest absolute Gasteiger partial charge is 0.478 e. The molecule has 4 heteroatoms. The van der Waals surface area contributed by atoms with Gasteiger partial charge in [-0.2, -0.15) is 0 Å². The quantitative estimate of drug-likeness (QED) is 0.310. The van der Waals surface area contributed by atoms with Crippen molar-refractivity contribution >= 4 is 5.97 Å². The summed E-state index contributed by atoms with van der Waals surface area (Å²) in [4.78, 5) is 11.2. The van der Waals surface area contributed by atoms with E-state index < -0.39 is 17.5 Å². The van der Waals surface area contributed by atoms with Gasteiger partial charge in [-0.1, -0.05) is 52.3 Å². The maximum Gasteiger partial charge on any atom is 0.330 e. The number of allylic oxidation sites excluding steroid dienone is 2. The third-order valence-corrected chi connectivity index (χ3v) is 12.1. The Balaban J connectivity index is 1.59. The molecule has 3 saturated carbocycles. The molecule has 4 nitrogen and oxygen atoms in total. The topological polar surface area (TPSA) is 77.8 Å². The van der Waals surface area contributed by atoms with E-state index in [1.807, 2.05) is 6.08 Å². The highest BCUT2D eigenvalue weighted by molar-refractivity contribution is 5.85. The van der Waals surface area contributed by atoms with Crippen LogP contribution in [0, 0.1) is 45.3 Å². The van der Waals surface area contributed by atoms with Crippen LogP contribution in [0.3, 0.4) is 0 Å². The Morgan fingerprint density at radius 3 is 2.47 bits per heavy atom. The van der Waals surface area contributed by atoms with E-state index in [0.29, 0.717) is 40.1 Å². The summed E-state index contributed by atoms with van der Waals surface area (Å²) in [5, 5.41) is 30.2. The second kappa shape index (κ2) is 8.76. The minimum Gasteiger partial charge on any atom is -0.478 e. The molecule has 0 aromatic rings. The van der Waals surface area contributed by atoms with Crippen LogP contribution in [0.25, 0.3) is 0 Å². The van der Waals surface area contributed by atoms with Gasteiger partial charge in [-0.05, 0) is 105 Å². The van der Waals surface area contributed by atoms with E-state index in [4.69, 9.17) is 5.11 Å². The fourth-order valence-corrected chi connectivity index (χ4v) is 9.56. The van der Waals surface area contributed by atoms with Crippen LogP contribution in [0.1, 0.15) is 99.3 Å². The smallest absolute Gasteiger partial charge is 0.330 e. The molecule has 0 radical (unpaired) electrons. The Hall–Kier alpha value is -1.13. The number of aliphatic hydroxyl groups is 2. The molecular weight excluding hydrogens is 424 g/mol. The Morgan fingerprint density at radius 1 is 1.12 bits per heavy atom. The molecule has 0 aliphatic heterocycles. The first kappa shape index (κ1) is 25.9. The highest BCUT2D eigenvalue weighted by Crippen LogP contribution is 2.74. The molecule has 0 saturated heterocycles. The average molecular weight is 473 g/mol. The molecule has 9 atom stereocenters. The first-order valence-electron chi connectivity index (χ1n) is 13.7. The van der Waals surface area contributed by atoms with Gasteiger partial charge in [0.05, 0.1) is 12.7 Å². The monoisotopic (exact) mass is 472 g/mol. The maximum absolute atomic E-state index is 11.2. The van der Waals surface area contributed by atoms with Crippen LogP contribution in [-0.2, 0) is 4.79 Å². The van der Waals surface area contributed by atoms with Crippen LogP contribution in [0.2, 0.25) is 0 Å². The number of rotatable bonds is 6. The highest BCUT2D eigenvalue weighted by Gasteiger charge is 2.67. The number of carboxylic acid groups (broad SMARTS) is 1. The zero-order chi connectivity index (χ0) is 25.1. The Labute approximate surface area is 206 Å². The number of fused-ring (bicyclic) bond motifs is 5. The van der Waals surface area contributed by atoms with Gasteiger partial charge in [0.15, 0.2) is 0 Å². The molecule has 4 aliphatic rings. The van der Waals surface area contributed by atoms with Crippen LogP contribution < -0.4 is 0 Å². The summed E-state index contributed by atoms with van der Waals surface area (Å²) in [7, 11) is 0. The molecule has 192 valence electrons. The molecule has 4 rings (SSSR count). The lowest BCUT2D eigenvalue weighted by atomic mass is 9.39. The van der Waals surface area contributed by atoms with Gasteiger partial charge in [0.25, 0.3) is 0 Å². The van der Waals surface area contributed by atoms with Gasteiger partial charge in [0.1, 0.15) is 0 Å². The van der Waals surface area contributed by atoms with Gasteiger partial charge >= 0.3 is 5.97 Å². The van der Waals surface area contributed by atoms with E-state index in [-0.39, 0.29) is 12.0 Å². The van der Waals surface area contributed by atoms with Crippen molar-refractivity contribution in [2.75, 3.05) is 6.61 Å². The minimum absolute atomic E-state index is 0.0294. The lowest BCUT2D eigenvalue weighted by Gasteiger charge is -2.66. The van der Waals surface area contributed by atoms with Gasteiger partial charge in [-0.3, -0.25) is 0 Å². The Bertz CT molecular complexity index is 875. The van der Waals surface area contributed by atoms with E-state index in [1.165, 1.54) is 31.3 Å². The summed E-state index contributed by atoms with van der Waals surface area (Å²) >= 11 is 0. The highest BCUT2D eigenvalue weighted by atomic mass is 16.4. The SMILES string of the molecule is C/C(=C\CCC(C)[C@H]1CCC2(C)[C@@H]3CC=C4C(CCC(O)[C@]4(C)CO)[C@]3(C)CC[C@]12C)C(=O)O. The normalized spacial score (nSPS) is 47.3. The summed E-state index contributed by atoms with van der Waals surface area (Å²) in [5.74, 6) is 1.57. The van der Waals surface area contributed by atoms with Crippen molar-refractivity contribution in [1.29, 1.82) is 0 Å². The third-order valence-electron chi connectivity index (χ3n) is 12.1. The van der Waals surface area contributed by atoms with Crippen LogP contribution in [0.5, 0.6) is 0 Å². The molecule has 0 amide bonds. The molecule has 0 aromatic carbocycles. The van der Waals surface area contributed by atoms with E-state index >= 15 is 0 Å². The van der Waals surface area contributed by atoms with Crippen molar-refractivity contribution in [1.82, 2.24) is 0 Å².